The Morgan fingerprint density at radius 2 is 1.56 bits per heavy atom. The molecule has 0 saturated carbocycles. The van der Waals surface area contributed by atoms with E-state index in [0.717, 1.165) is 0 Å². The lowest BCUT2D eigenvalue weighted by atomic mass is 10.0. The van der Waals surface area contributed by atoms with Gasteiger partial charge in [0.15, 0.2) is 23.0 Å². The Bertz CT molecular complexity index is 902. The number of benzene rings is 2. The van der Waals surface area contributed by atoms with Gasteiger partial charge in [-0.2, -0.15) is 5.26 Å². The lowest BCUT2D eigenvalue weighted by Crippen LogP contribution is -2.04. The number of hydrogen-bond acceptors (Lipinski definition) is 7. The Hall–Kier alpha value is -3.66. The van der Waals surface area contributed by atoms with Gasteiger partial charge in [-0.05, 0) is 35.9 Å². The molecule has 0 fully saturated rings. The third-order valence-corrected chi connectivity index (χ3v) is 3.81. The molecule has 2 rings (SSSR count). The number of ether oxygens (including phenoxy) is 4. The number of ketones is 1. The Balaban J connectivity index is 2.48. The van der Waals surface area contributed by atoms with Crippen molar-refractivity contribution in [3.05, 3.63) is 47.0 Å². The van der Waals surface area contributed by atoms with Gasteiger partial charge in [-0.3, -0.25) is 4.79 Å². The van der Waals surface area contributed by atoms with Gasteiger partial charge in [0.2, 0.25) is 11.5 Å². The van der Waals surface area contributed by atoms with Gasteiger partial charge >= 0.3 is 0 Å². The number of allylic oxidation sites excluding steroid dienone is 1. The molecule has 0 aliphatic rings. The number of rotatable bonds is 7. The van der Waals surface area contributed by atoms with E-state index in [-0.39, 0.29) is 16.9 Å². The molecule has 0 saturated heterocycles. The first kappa shape index (κ1) is 19.7. The molecule has 140 valence electrons. The molecule has 0 aliphatic heterocycles. The molecule has 27 heavy (non-hydrogen) atoms. The highest BCUT2D eigenvalue weighted by atomic mass is 16.5. The predicted molar refractivity (Wildman–Crippen MR) is 98.7 cm³/mol. The van der Waals surface area contributed by atoms with Crippen LogP contribution in [0.3, 0.4) is 0 Å². The predicted octanol–water partition coefficient (Wildman–Crippen LogP) is 3.22. The highest BCUT2D eigenvalue weighted by Crippen LogP contribution is 2.38. The first-order valence-electron chi connectivity index (χ1n) is 7.82. The van der Waals surface area contributed by atoms with Crippen LogP contribution in [0, 0.1) is 11.3 Å². The van der Waals surface area contributed by atoms with Crippen LogP contribution < -0.4 is 18.9 Å². The summed E-state index contributed by atoms with van der Waals surface area (Å²) in [7, 11) is 5.76. The van der Waals surface area contributed by atoms with Crippen LogP contribution in [0.2, 0.25) is 0 Å². The SMILES string of the molecule is COc1ccc(/C=C(\C#N)C(=O)c2cc(OC)c(OC)c(OC)c2)cc1O. The fourth-order valence-corrected chi connectivity index (χ4v) is 2.48. The standard InChI is InChI=1S/C20H19NO6/c1-24-16-6-5-12(8-15(16)22)7-14(11-21)19(23)13-9-17(25-2)20(27-4)18(10-13)26-3/h5-10,22H,1-4H3/b14-7+. The minimum Gasteiger partial charge on any atom is -0.504 e. The van der Waals surface area contributed by atoms with E-state index >= 15 is 0 Å². The van der Waals surface area contributed by atoms with E-state index in [2.05, 4.69) is 0 Å². The van der Waals surface area contributed by atoms with E-state index < -0.39 is 5.78 Å². The molecule has 0 radical (unpaired) electrons. The van der Waals surface area contributed by atoms with Crippen molar-refractivity contribution in [2.24, 2.45) is 0 Å². The zero-order valence-electron chi connectivity index (χ0n) is 15.4. The van der Waals surface area contributed by atoms with Crippen LogP contribution in [0.25, 0.3) is 6.08 Å². The summed E-state index contributed by atoms with van der Waals surface area (Å²) in [5.41, 5.74) is 0.564. The highest BCUT2D eigenvalue weighted by Gasteiger charge is 2.19. The van der Waals surface area contributed by atoms with E-state index in [1.807, 2.05) is 6.07 Å². The average Bonchev–Trinajstić information content (AvgIpc) is 2.70. The Kier molecular flexibility index (Phi) is 6.28. The van der Waals surface area contributed by atoms with Gasteiger partial charge in [0.25, 0.3) is 0 Å². The van der Waals surface area contributed by atoms with Crippen LogP contribution in [0.15, 0.2) is 35.9 Å². The van der Waals surface area contributed by atoms with Crippen molar-refractivity contribution in [3.63, 3.8) is 0 Å². The van der Waals surface area contributed by atoms with E-state index in [1.165, 1.54) is 52.7 Å². The number of phenols is 1. The molecule has 0 atom stereocenters. The summed E-state index contributed by atoms with van der Waals surface area (Å²) in [6.07, 6.45) is 1.38. The van der Waals surface area contributed by atoms with Crippen LogP contribution in [0.1, 0.15) is 15.9 Å². The number of nitrogens with zero attached hydrogens (tertiary/aromatic N) is 1. The number of aromatic hydroxyl groups is 1. The molecule has 7 heteroatoms. The van der Waals surface area contributed by atoms with Crippen LogP contribution in [-0.2, 0) is 0 Å². The molecule has 0 unspecified atom stereocenters. The number of Topliss-reactive ketones (excluding diaryl/α,β-unsaturated/α-hetero) is 1. The molecule has 0 bridgehead atoms. The lowest BCUT2D eigenvalue weighted by molar-refractivity contribution is 0.103. The summed E-state index contributed by atoms with van der Waals surface area (Å²) >= 11 is 0. The van der Waals surface area contributed by atoms with Crippen molar-refractivity contribution < 1.29 is 28.8 Å². The maximum Gasteiger partial charge on any atom is 0.203 e. The molecule has 7 nitrogen and oxygen atoms in total. The Labute approximate surface area is 157 Å². The van der Waals surface area contributed by atoms with Crippen molar-refractivity contribution in [3.8, 4) is 34.8 Å². The second-order valence-corrected chi connectivity index (χ2v) is 5.34. The van der Waals surface area contributed by atoms with Gasteiger partial charge in [0.1, 0.15) is 11.6 Å². The average molecular weight is 369 g/mol. The van der Waals surface area contributed by atoms with Gasteiger partial charge in [0, 0.05) is 5.56 Å². The van der Waals surface area contributed by atoms with E-state index in [0.29, 0.717) is 28.6 Å². The minimum absolute atomic E-state index is 0.0937. The maximum absolute atomic E-state index is 12.8. The quantitative estimate of drug-likeness (QED) is 0.454. The number of phenolic OH excluding ortho intramolecular Hbond substituents is 1. The number of carbonyl (C=O) groups is 1. The van der Waals surface area contributed by atoms with Crippen LogP contribution in [-0.4, -0.2) is 39.3 Å². The molecule has 0 aliphatic carbocycles. The van der Waals surface area contributed by atoms with Crippen LogP contribution in [0.4, 0.5) is 0 Å². The largest absolute Gasteiger partial charge is 0.504 e. The molecule has 0 amide bonds. The monoisotopic (exact) mass is 369 g/mol. The van der Waals surface area contributed by atoms with Gasteiger partial charge in [-0.25, -0.2) is 0 Å². The number of carbonyl (C=O) groups excluding carboxylic acids is 1. The summed E-state index contributed by atoms with van der Waals surface area (Å²) < 4.78 is 20.7. The fourth-order valence-electron chi connectivity index (χ4n) is 2.48. The lowest BCUT2D eigenvalue weighted by Gasteiger charge is -2.13. The third-order valence-electron chi connectivity index (χ3n) is 3.81. The Morgan fingerprint density at radius 3 is 2.00 bits per heavy atom. The third kappa shape index (κ3) is 4.12. The van der Waals surface area contributed by atoms with Gasteiger partial charge in [-0.1, -0.05) is 6.07 Å². The summed E-state index contributed by atoms with van der Waals surface area (Å²) in [5, 5.41) is 19.3. The summed E-state index contributed by atoms with van der Waals surface area (Å²) in [4.78, 5) is 12.8. The van der Waals surface area contributed by atoms with Crippen molar-refractivity contribution >= 4 is 11.9 Å². The van der Waals surface area contributed by atoms with Crippen molar-refractivity contribution in [2.75, 3.05) is 28.4 Å². The molecule has 2 aromatic carbocycles. The highest BCUT2D eigenvalue weighted by molar-refractivity contribution is 6.14. The van der Waals surface area contributed by atoms with E-state index in [1.54, 1.807) is 12.1 Å². The molecule has 1 N–H and O–H groups in total. The summed E-state index contributed by atoms with van der Waals surface area (Å²) in [6.45, 7) is 0. The minimum atomic E-state index is -0.521. The second-order valence-electron chi connectivity index (χ2n) is 5.34. The molecule has 0 aromatic heterocycles. The second kappa shape index (κ2) is 8.63. The maximum atomic E-state index is 12.8. The Morgan fingerprint density at radius 1 is 0.963 bits per heavy atom. The van der Waals surface area contributed by atoms with Crippen molar-refractivity contribution in [1.82, 2.24) is 0 Å². The van der Waals surface area contributed by atoms with E-state index in [4.69, 9.17) is 18.9 Å². The van der Waals surface area contributed by atoms with E-state index in [9.17, 15) is 15.2 Å². The smallest absolute Gasteiger partial charge is 0.203 e. The topological polar surface area (TPSA) is 98.0 Å². The normalized spacial score (nSPS) is 10.7. The summed E-state index contributed by atoms with van der Waals surface area (Å²) in [6, 6.07) is 9.40. The summed E-state index contributed by atoms with van der Waals surface area (Å²) in [5.74, 6) is 0.635. The zero-order valence-corrected chi connectivity index (χ0v) is 15.4. The fraction of sp³-hybridized carbons (Fsp3) is 0.200. The number of methoxy groups -OCH3 is 4. The molecule has 0 spiro atoms. The van der Waals surface area contributed by atoms with Gasteiger partial charge < -0.3 is 24.1 Å². The first-order valence-corrected chi connectivity index (χ1v) is 7.82. The van der Waals surface area contributed by atoms with Gasteiger partial charge in [-0.15, -0.1) is 0 Å². The van der Waals surface area contributed by atoms with Gasteiger partial charge in [0.05, 0.1) is 28.4 Å². The molecule has 0 heterocycles. The molecular weight excluding hydrogens is 350 g/mol. The van der Waals surface area contributed by atoms with Crippen molar-refractivity contribution in [1.29, 1.82) is 5.26 Å². The van der Waals surface area contributed by atoms with Crippen molar-refractivity contribution in [2.45, 2.75) is 0 Å². The molecule has 2 aromatic rings. The first-order chi connectivity index (χ1) is 13.0. The van der Waals surface area contributed by atoms with Crippen LogP contribution >= 0.6 is 0 Å². The molecular formula is C20H19NO6. The van der Waals surface area contributed by atoms with Crippen LogP contribution in [0.5, 0.6) is 28.7 Å². The number of nitriles is 1. The zero-order chi connectivity index (χ0) is 20.0. The number of hydrogen-bond donors (Lipinski definition) is 1.